The standard InChI is InChI=1S/C45H26S/c1-4-17-37-31(13-1)33-23-22-28(30-24-29-12-9-21-42-44(29)36(25-30)34-15-3-6-20-41(34)46-42)26-40(33)45(37)38-18-5-2-14-32(38)35-16-7-10-27-11-8-19-39(45)43(27)35/h1-26H. The van der Waals surface area contributed by atoms with Crippen molar-refractivity contribution in [1.82, 2.24) is 0 Å². The second-order valence-electron chi connectivity index (χ2n) is 12.8. The minimum absolute atomic E-state index is 0.409. The normalized spacial score (nSPS) is 16.3. The molecule has 0 saturated carbocycles. The van der Waals surface area contributed by atoms with Gasteiger partial charge in [-0.1, -0.05) is 139 Å². The smallest absolute Gasteiger partial charge is 0.0725 e. The summed E-state index contributed by atoms with van der Waals surface area (Å²) in [6, 6.07) is 59.6. The van der Waals surface area contributed by atoms with Crippen molar-refractivity contribution in [3.63, 3.8) is 0 Å². The van der Waals surface area contributed by atoms with Crippen molar-refractivity contribution < 1.29 is 0 Å². The summed E-state index contributed by atoms with van der Waals surface area (Å²) in [6.07, 6.45) is 0. The maximum atomic E-state index is 2.51. The predicted molar refractivity (Wildman–Crippen MR) is 193 cm³/mol. The molecule has 1 heteroatoms. The summed E-state index contributed by atoms with van der Waals surface area (Å²) < 4.78 is 0. The van der Waals surface area contributed by atoms with E-state index in [4.69, 9.17) is 0 Å². The van der Waals surface area contributed by atoms with Gasteiger partial charge in [-0.2, -0.15) is 0 Å². The zero-order valence-corrected chi connectivity index (χ0v) is 25.7. The molecule has 1 atom stereocenters. The van der Waals surface area contributed by atoms with E-state index in [-0.39, 0.29) is 0 Å². The fourth-order valence-electron chi connectivity index (χ4n) is 8.86. The molecule has 3 aliphatic rings. The highest BCUT2D eigenvalue weighted by Crippen LogP contribution is 2.62. The quantitative estimate of drug-likeness (QED) is 0.181. The van der Waals surface area contributed by atoms with Crippen LogP contribution in [0.4, 0.5) is 0 Å². The Bertz CT molecular complexity index is 2620. The van der Waals surface area contributed by atoms with E-state index >= 15 is 0 Å². The molecule has 2 aliphatic carbocycles. The molecule has 8 aromatic rings. The van der Waals surface area contributed by atoms with Crippen LogP contribution in [0.2, 0.25) is 0 Å². The zero-order valence-electron chi connectivity index (χ0n) is 24.9. The molecule has 46 heavy (non-hydrogen) atoms. The number of hydrogen-bond acceptors (Lipinski definition) is 1. The lowest BCUT2D eigenvalue weighted by atomic mass is 9.61. The van der Waals surface area contributed by atoms with Crippen molar-refractivity contribution in [2.24, 2.45) is 0 Å². The molecule has 0 N–H and O–H groups in total. The summed E-state index contributed by atoms with van der Waals surface area (Å²) in [6.45, 7) is 0. The molecular weight excluding hydrogens is 573 g/mol. The van der Waals surface area contributed by atoms with E-state index in [9.17, 15) is 0 Å². The first-order valence-electron chi connectivity index (χ1n) is 16.0. The lowest BCUT2D eigenvalue weighted by molar-refractivity contribution is 0.774. The Kier molecular flexibility index (Phi) is 4.80. The minimum atomic E-state index is -0.409. The van der Waals surface area contributed by atoms with Gasteiger partial charge in [0.1, 0.15) is 0 Å². The summed E-state index contributed by atoms with van der Waals surface area (Å²) in [5, 5.41) is 5.33. The van der Waals surface area contributed by atoms with Crippen LogP contribution in [-0.2, 0) is 5.41 Å². The molecule has 0 fully saturated rings. The Balaban J connectivity index is 1.25. The second kappa shape index (κ2) is 8.88. The molecule has 8 aromatic carbocycles. The van der Waals surface area contributed by atoms with Crippen molar-refractivity contribution in [1.29, 1.82) is 0 Å². The summed E-state index contributed by atoms with van der Waals surface area (Å²) in [5.74, 6) is 0. The first-order chi connectivity index (χ1) is 22.8. The van der Waals surface area contributed by atoms with Gasteiger partial charge in [-0.05, 0) is 113 Å². The zero-order chi connectivity index (χ0) is 30.0. The van der Waals surface area contributed by atoms with Crippen molar-refractivity contribution in [2.45, 2.75) is 15.2 Å². The molecular formula is C45H26S. The SMILES string of the molecule is c1ccc2c(c1)Sc1cccc3cc(-c4ccc5c(c4)C4(c6ccccc6-5)c5ccccc5-c5cccc6cccc4c56)cc-2c13. The van der Waals surface area contributed by atoms with Crippen LogP contribution in [0.1, 0.15) is 22.3 Å². The Morgan fingerprint density at radius 3 is 1.78 bits per heavy atom. The second-order valence-corrected chi connectivity index (χ2v) is 13.9. The van der Waals surface area contributed by atoms with E-state index in [1.54, 1.807) is 0 Å². The van der Waals surface area contributed by atoms with Gasteiger partial charge >= 0.3 is 0 Å². The molecule has 212 valence electrons. The van der Waals surface area contributed by atoms with Gasteiger partial charge in [0, 0.05) is 15.2 Å². The van der Waals surface area contributed by atoms with Gasteiger partial charge in [0.2, 0.25) is 0 Å². The third kappa shape index (κ3) is 3.02. The van der Waals surface area contributed by atoms with E-state index in [0.29, 0.717) is 0 Å². The molecule has 1 heterocycles. The van der Waals surface area contributed by atoms with Gasteiger partial charge in [0.05, 0.1) is 5.41 Å². The average molecular weight is 599 g/mol. The van der Waals surface area contributed by atoms with Crippen LogP contribution >= 0.6 is 11.8 Å². The molecule has 0 saturated heterocycles. The fraction of sp³-hybridized carbons (Fsp3) is 0.0222. The summed E-state index contributed by atoms with van der Waals surface area (Å²) in [7, 11) is 0. The third-order valence-corrected chi connectivity index (χ3v) is 11.8. The van der Waals surface area contributed by atoms with Crippen molar-refractivity contribution >= 4 is 33.3 Å². The number of hydrogen-bond donors (Lipinski definition) is 0. The highest BCUT2D eigenvalue weighted by molar-refractivity contribution is 7.99. The maximum Gasteiger partial charge on any atom is 0.0725 e. The van der Waals surface area contributed by atoms with E-state index in [0.717, 1.165) is 0 Å². The van der Waals surface area contributed by atoms with Gasteiger partial charge in [-0.25, -0.2) is 0 Å². The minimum Gasteiger partial charge on any atom is -0.0888 e. The van der Waals surface area contributed by atoms with Gasteiger partial charge in [-0.3, -0.25) is 0 Å². The van der Waals surface area contributed by atoms with Crippen molar-refractivity contribution in [2.75, 3.05) is 0 Å². The molecule has 1 spiro atoms. The van der Waals surface area contributed by atoms with Crippen LogP contribution in [0.3, 0.4) is 0 Å². The van der Waals surface area contributed by atoms with Gasteiger partial charge in [-0.15, -0.1) is 0 Å². The van der Waals surface area contributed by atoms with E-state index in [2.05, 4.69) is 158 Å². The van der Waals surface area contributed by atoms with E-state index < -0.39 is 5.41 Å². The number of rotatable bonds is 1. The first-order valence-corrected chi connectivity index (χ1v) is 16.8. The molecule has 1 aliphatic heterocycles. The Morgan fingerprint density at radius 1 is 0.326 bits per heavy atom. The third-order valence-electron chi connectivity index (χ3n) is 10.6. The Morgan fingerprint density at radius 2 is 0.935 bits per heavy atom. The predicted octanol–water partition coefficient (Wildman–Crippen LogP) is 12.1. The highest BCUT2D eigenvalue weighted by atomic mass is 32.2. The monoisotopic (exact) mass is 598 g/mol. The van der Waals surface area contributed by atoms with Gasteiger partial charge < -0.3 is 0 Å². The molecule has 1 unspecified atom stereocenters. The van der Waals surface area contributed by atoms with Gasteiger partial charge in [0.15, 0.2) is 0 Å². The molecule has 0 bridgehead atoms. The molecule has 0 radical (unpaired) electrons. The lowest BCUT2D eigenvalue weighted by Crippen LogP contribution is -2.31. The molecule has 11 rings (SSSR count). The summed E-state index contributed by atoms with van der Waals surface area (Å²) >= 11 is 1.89. The molecule has 0 aromatic heterocycles. The van der Waals surface area contributed by atoms with Crippen LogP contribution < -0.4 is 0 Å². The van der Waals surface area contributed by atoms with E-state index in [1.807, 2.05) is 11.8 Å². The lowest BCUT2D eigenvalue weighted by Gasteiger charge is -2.40. The largest absolute Gasteiger partial charge is 0.0888 e. The summed E-state index contributed by atoms with van der Waals surface area (Å²) in [5.41, 5.74) is 15.6. The first kappa shape index (κ1) is 24.9. The van der Waals surface area contributed by atoms with E-state index in [1.165, 1.54) is 98.1 Å². The summed E-state index contributed by atoms with van der Waals surface area (Å²) in [4.78, 5) is 2.67. The number of benzene rings is 8. The van der Waals surface area contributed by atoms with Gasteiger partial charge in [0.25, 0.3) is 0 Å². The Labute approximate surface area is 272 Å². The van der Waals surface area contributed by atoms with Crippen molar-refractivity contribution in [3.8, 4) is 44.5 Å². The maximum absolute atomic E-state index is 2.51. The number of fused-ring (bicyclic) bond motifs is 11. The van der Waals surface area contributed by atoms with Crippen LogP contribution in [0.15, 0.2) is 168 Å². The topological polar surface area (TPSA) is 0 Å². The molecule has 0 amide bonds. The fourth-order valence-corrected chi connectivity index (χ4v) is 10.0. The van der Waals surface area contributed by atoms with Crippen LogP contribution in [0.5, 0.6) is 0 Å². The van der Waals surface area contributed by atoms with Crippen LogP contribution in [0.25, 0.3) is 66.1 Å². The Hall–Kier alpha value is -5.37. The average Bonchev–Trinajstić information content (AvgIpc) is 3.41. The van der Waals surface area contributed by atoms with Crippen LogP contribution in [0, 0.1) is 0 Å². The highest BCUT2D eigenvalue weighted by Gasteiger charge is 2.50. The molecule has 0 nitrogen and oxygen atoms in total. The van der Waals surface area contributed by atoms with Crippen molar-refractivity contribution in [3.05, 3.63) is 180 Å². The van der Waals surface area contributed by atoms with Crippen LogP contribution in [-0.4, -0.2) is 0 Å².